The Kier molecular flexibility index (Phi) is 6.28. The highest BCUT2D eigenvalue weighted by molar-refractivity contribution is 5.96. The number of benzene rings is 1. The van der Waals surface area contributed by atoms with Gasteiger partial charge < -0.3 is 19.9 Å². The Labute approximate surface area is 187 Å². The number of pyridine rings is 1. The molecular formula is C25H29N3O4. The number of rotatable bonds is 6. The minimum Gasteiger partial charge on any atom is -0.396 e. The summed E-state index contributed by atoms with van der Waals surface area (Å²) >= 11 is 0. The summed E-state index contributed by atoms with van der Waals surface area (Å²) in [5.41, 5.74) is 1.58. The van der Waals surface area contributed by atoms with E-state index in [0.29, 0.717) is 23.4 Å². The molecule has 3 heterocycles. The van der Waals surface area contributed by atoms with Crippen LogP contribution < -0.4 is 10.9 Å². The van der Waals surface area contributed by atoms with Gasteiger partial charge in [-0.1, -0.05) is 37.3 Å². The largest absolute Gasteiger partial charge is 0.396 e. The maximum atomic E-state index is 13.6. The zero-order chi connectivity index (χ0) is 22.8. The topological polar surface area (TPSA) is 91.6 Å². The number of nitrogens with zero attached hydrogens (tertiary/aromatic N) is 2. The molecule has 1 aromatic heterocycles. The van der Waals surface area contributed by atoms with Gasteiger partial charge in [0, 0.05) is 42.4 Å². The van der Waals surface area contributed by atoms with Crippen molar-refractivity contribution in [1.29, 1.82) is 0 Å². The van der Waals surface area contributed by atoms with E-state index >= 15 is 0 Å². The first kappa shape index (κ1) is 22.0. The molecule has 2 aliphatic rings. The summed E-state index contributed by atoms with van der Waals surface area (Å²) in [6.45, 7) is 4.35. The Morgan fingerprint density at radius 1 is 1.19 bits per heavy atom. The van der Waals surface area contributed by atoms with Gasteiger partial charge in [0.05, 0.1) is 18.0 Å². The predicted octanol–water partition coefficient (Wildman–Crippen LogP) is 2.21. The first-order chi connectivity index (χ1) is 15.5. The number of carbonyl (C=O) groups excluding carboxylic acids is 2. The number of hydrogen-bond donors (Lipinski definition) is 2. The van der Waals surface area contributed by atoms with Crippen molar-refractivity contribution in [2.24, 2.45) is 11.8 Å². The van der Waals surface area contributed by atoms with E-state index in [1.807, 2.05) is 32.1 Å². The van der Waals surface area contributed by atoms with Crippen molar-refractivity contribution in [2.75, 3.05) is 13.2 Å². The highest BCUT2D eigenvalue weighted by atomic mass is 16.3. The fourth-order valence-corrected chi connectivity index (χ4v) is 5.10. The third kappa shape index (κ3) is 3.56. The van der Waals surface area contributed by atoms with Gasteiger partial charge >= 0.3 is 0 Å². The zero-order valence-electron chi connectivity index (χ0n) is 18.4. The molecule has 168 valence electrons. The van der Waals surface area contributed by atoms with Gasteiger partial charge in [-0.2, -0.15) is 0 Å². The molecule has 4 atom stereocenters. The Morgan fingerprint density at radius 3 is 2.59 bits per heavy atom. The fraction of sp³-hybridized carbons (Fsp3) is 0.400. The van der Waals surface area contributed by atoms with E-state index in [2.05, 4.69) is 5.32 Å². The Bertz CT molecular complexity index is 1090. The molecular weight excluding hydrogens is 406 g/mol. The maximum absolute atomic E-state index is 13.6. The van der Waals surface area contributed by atoms with Crippen LogP contribution in [0.4, 0.5) is 0 Å². The van der Waals surface area contributed by atoms with E-state index in [-0.39, 0.29) is 30.5 Å². The van der Waals surface area contributed by atoms with Crippen LogP contribution in [0.1, 0.15) is 47.9 Å². The summed E-state index contributed by atoms with van der Waals surface area (Å²) in [5.74, 6) is -1.48. The van der Waals surface area contributed by atoms with Crippen molar-refractivity contribution >= 4 is 17.9 Å². The zero-order valence-corrected chi connectivity index (χ0v) is 18.4. The van der Waals surface area contributed by atoms with E-state index in [9.17, 15) is 19.5 Å². The van der Waals surface area contributed by atoms with Gasteiger partial charge in [-0.15, -0.1) is 0 Å². The standard InChI is InChI=1S/C25H29N3O4/c1-3-8-16-11-12-19-22-21(23(30)26-13-4-2)18(15-29)20(14-27(19)24(16)31)28(22)25(32)17-9-6-5-7-10-17/h3,5-12,18,20-22,29H,4,13-15H2,1-2H3,(H,26,30)/b8-3+/t18-,20-,21+,22+/m1/s1. The number of aliphatic hydroxyl groups is 1. The van der Waals surface area contributed by atoms with Crippen molar-refractivity contribution in [2.45, 2.75) is 38.9 Å². The molecule has 0 unspecified atom stereocenters. The van der Waals surface area contributed by atoms with Crippen molar-refractivity contribution in [1.82, 2.24) is 14.8 Å². The summed E-state index contributed by atoms with van der Waals surface area (Å²) < 4.78 is 1.68. The third-order valence-corrected chi connectivity index (χ3v) is 6.53. The van der Waals surface area contributed by atoms with Gasteiger partial charge in [0.25, 0.3) is 11.5 Å². The quantitative estimate of drug-likeness (QED) is 0.728. The predicted molar refractivity (Wildman–Crippen MR) is 122 cm³/mol. The van der Waals surface area contributed by atoms with Gasteiger partial charge in [0.15, 0.2) is 0 Å². The molecule has 0 spiro atoms. The normalized spacial score (nSPS) is 23.9. The Balaban J connectivity index is 1.86. The smallest absolute Gasteiger partial charge is 0.258 e. The number of hydrogen-bond acceptors (Lipinski definition) is 4. The average molecular weight is 436 g/mol. The lowest BCUT2D eigenvalue weighted by atomic mass is 9.86. The molecule has 7 nitrogen and oxygen atoms in total. The molecule has 1 fully saturated rings. The Hall–Kier alpha value is -3.19. The van der Waals surface area contributed by atoms with Crippen LogP contribution in [-0.4, -0.2) is 45.6 Å². The van der Waals surface area contributed by atoms with Crippen LogP contribution in [-0.2, 0) is 11.3 Å². The molecule has 2 bridgehead atoms. The molecule has 2 N–H and O–H groups in total. The van der Waals surface area contributed by atoms with Crippen LogP contribution >= 0.6 is 0 Å². The first-order valence-corrected chi connectivity index (χ1v) is 11.2. The molecule has 2 amide bonds. The molecule has 32 heavy (non-hydrogen) atoms. The molecule has 7 heteroatoms. The van der Waals surface area contributed by atoms with E-state index < -0.39 is 23.9 Å². The SMILES string of the molecule is C/C=C/c1ccc2n(c1=O)C[C@@H]1[C@@H](CO)[C@H](C(=O)NCCC)[C@H]2N1C(=O)c1ccccc1. The van der Waals surface area contributed by atoms with Crippen LogP contribution in [0.15, 0.2) is 53.3 Å². The molecule has 0 radical (unpaired) electrons. The summed E-state index contributed by atoms with van der Waals surface area (Å²) in [5, 5.41) is 13.2. The summed E-state index contributed by atoms with van der Waals surface area (Å²) in [6, 6.07) is 11.4. The van der Waals surface area contributed by atoms with Crippen LogP contribution in [0.5, 0.6) is 0 Å². The van der Waals surface area contributed by atoms with Crippen molar-refractivity contribution in [3.05, 3.63) is 75.7 Å². The van der Waals surface area contributed by atoms with E-state index in [1.165, 1.54) is 0 Å². The van der Waals surface area contributed by atoms with Crippen molar-refractivity contribution < 1.29 is 14.7 Å². The number of carbonyl (C=O) groups is 2. The van der Waals surface area contributed by atoms with E-state index in [0.717, 1.165) is 6.42 Å². The summed E-state index contributed by atoms with van der Waals surface area (Å²) in [7, 11) is 0. The molecule has 0 aliphatic carbocycles. The molecule has 1 aromatic carbocycles. The van der Waals surface area contributed by atoms with Gasteiger partial charge in [0.2, 0.25) is 5.91 Å². The number of allylic oxidation sites excluding steroid dienone is 1. The lowest BCUT2D eigenvalue weighted by molar-refractivity contribution is -0.127. The van der Waals surface area contributed by atoms with Crippen LogP contribution in [0.3, 0.4) is 0 Å². The molecule has 1 saturated heterocycles. The molecule has 0 saturated carbocycles. The third-order valence-electron chi connectivity index (χ3n) is 6.53. The minimum atomic E-state index is -0.634. The lowest BCUT2D eigenvalue weighted by Gasteiger charge is -2.38. The van der Waals surface area contributed by atoms with Gasteiger partial charge in [-0.3, -0.25) is 14.4 Å². The van der Waals surface area contributed by atoms with Crippen molar-refractivity contribution in [3.8, 4) is 0 Å². The number of fused-ring (bicyclic) bond motifs is 4. The van der Waals surface area contributed by atoms with Gasteiger partial charge in [-0.25, -0.2) is 0 Å². The molecule has 2 aromatic rings. The van der Waals surface area contributed by atoms with Crippen LogP contribution in [0, 0.1) is 11.8 Å². The highest BCUT2D eigenvalue weighted by Gasteiger charge is 2.57. The monoisotopic (exact) mass is 435 g/mol. The van der Waals surface area contributed by atoms with E-state index in [1.54, 1.807) is 45.9 Å². The van der Waals surface area contributed by atoms with Gasteiger partial charge in [0.1, 0.15) is 0 Å². The maximum Gasteiger partial charge on any atom is 0.258 e. The van der Waals surface area contributed by atoms with Crippen LogP contribution in [0.2, 0.25) is 0 Å². The second-order valence-electron chi connectivity index (χ2n) is 8.38. The second kappa shape index (κ2) is 9.12. The van der Waals surface area contributed by atoms with Crippen molar-refractivity contribution in [3.63, 3.8) is 0 Å². The average Bonchev–Trinajstić information content (AvgIpc) is 3.06. The number of aromatic nitrogens is 1. The number of amides is 2. The molecule has 4 rings (SSSR count). The highest BCUT2D eigenvalue weighted by Crippen LogP contribution is 2.48. The molecule has 2 aliphatic heterocycles. The van der Waals surface area contributed by atoms with Gasteiger partial charge in [-0.05, 0) is 37.6 Å². The minimum absolute atomic E-state index is 0.145. The second-order valence-corrected chi connectivity index (χ2v) is 8.38. The summed E-state index contributed by atoms with van der Waals surface area (Å²) in [6.07, 6.45) is 4.35. The number of aliphatic hydroxyl groups excluding tert-OH is 1. The summed E-state index contributed by atoms with van der Waals surface area (Å²) in [4.78, 5) is 41.7. The van der Waals surface area contributed by atoms with E-state index in [4.69, 9.17) is 0 Å². The van der Waals surface area contributed by atoms with Crippen LogP contribution in [0.25, 0.3) is 6.08 Å². The first-order valence-electron chi connectivity index (χ1n) is 11.2. The number of nitrogens with one attached hydrogen (secondary N) is 1. The fourth-order valence-electron chi connectivity index (χ4n) is 5.10. The lowest BCUT2D eigenvalue weighted by Crippen LogP contribution is -2.49. The Morgan fingerprint density at radius 2 is 1.94 bits per heavy atom.